The van der Waals surface area contributed by atoms with Crippen LogP contribution >= 0.6 is 12.2 Å². The molecule has 1 aliphatic heterocycles. The SMILES string of the molecule is O=C(OC1=NCCN1)c1c[nH]ccc1=S. The van der Waals surface area contributed by atoms with E-state index in [0.717, 1.165) is 0 Å². The predicted molar refractivity (Wildman–Crippen MR) is 57.3 cm³/mol. The summed E-state index contributed by atoms with van der Waals surface area (Å²) in [5.41, 5.74) is 0.337. The largest absolute Gasteiger partial charge is 0.389 e. The minimum atomic E-state index is -0.495. The minimum absolute atomic E-state index is 0.262. The summed E-state index contributed by atoms with van der Waals surface area (Å²) in [6.45, 7) is 1.33. The van der Waals surface area contributed by atoms with Gasteiger partial charge in [0.1, 0.15) is 0 Å². The van der Waals surface area contributed by atoms with E-state index >= 15 is 0 Å². The monoisotopic (exact) mass is 223 g/mol. The fourth-order valence-electron chi connectivity index (χ4n) is 1.16. The predicted octanol–water partition coefficient (Wildman–Crippen LogP) is 0.860. The van der Waals surface area contributed by atoms with Crippen LogP contribution in [0.15, 0.2) is 23.5 Å². The van der Waals surface area contributed by atoms with Gasteiger partial charge in [0.15, 0.2) is 0 Å². The maximum atomic E-state index is 11.6. The number of esters is 1. The number of pyridine rings is 1. The molecular formula is C9H9N3O2S. The maximum Gasteiger partial charge on any atom is 0.348 e. The van der Waals surface area contributed by atoms with E-state index in [4.69, 9.17) is 17.0 Å². The fraction of sp³-hybridized carbons (Fsp3) is 0.222. The second-order valence-electron chi connectivity index (χ2n) is 2.93. The molecule has 0 atom stereocenters. The lowest BCUT2D eigenvalue weighted by Gasteiger charge is -2.03. The highest BCUT2D eigenvalue weighted by atomic mass is 32.1. The van der Waals surface area contributed by atoms with Gasteiger partial charge >= 0.3 is 5.97 Å². The van der Waals surface area contributed by atoms with Gasteiger partial charge in [0, 0.05) is 18.9 Å². The number of carbonyl (C=O) groups excluding carboxylic acids is 1. The minimum Gasteiger partial charge on any atom is -0.389 e. The van der Waals surface area contributed by atoms with Crippen LogP contribution in [0, 0.1) is 4.51 Å². The number of carbonyl (C=O) groups is 1. The third-order valence-corrected chi connectivity index (χ3v) is 2.23. The van der Waals surface area contributed by atoms with Crippen LogP contribution in [0.1, 0.15) is 10.4 Å². The molecular weight excluding hydrogens is 214 g/mol. The molecule has 0 fully saturated rings. The van der Waals surface area contributed by atoms with Crippen molar-refractivity contribution in [3.8, 4) is 0 Å². The molecule has 0 saturated carbocycles. The van der Waals surface area contributed by atoms with Crippen LogP contribution < -0.4 is 5.32 Å². The normalized spacial score (nSPS) is 14.3. The molecule has 1 aliphatic rings. The molecule has 5 nitrogen and oxygen atoms in total. The van der Waals surface area contributed by atoms with Gasteiger partial charge in [-0.25, -0.2) is 9.79 Å². The Bertz CT molecular complexity index is 466. The average Bonchev–Trinajstić information content (AvgIpc) is 2.71. The highest BCUT2D eigenvalue weighted by Crippen LogP contribution is 2.03. The topological polar surface area (TPSA) is 66.5 Å². The van der Waals surface area contributed by atoms with Gasteiger partial charge in [-0.15, -0.1) is 0 Å². The number of hydrogen-bond donors (Lipinski definition) is 2. The molecule has 0 saturated heterocycles. The Morgan fingerprint density at radius 1 is 1.60 bits per heavy atom. The molecule has 0 aromatic carbocycles. The van der Waals surface area contributed by atoms with E-state index in [1.54, 1.807) is 12.3 Å². The quantitative estimate of drug-likeness (QED) is 0.547. The lowest BCUT2D eigenvalue weighted by Crippen LogP contribution is -2.24. The molecule has 78 valence electrons. The molecule has 0 bridgehead atoms. The number of rotatable bonds is 1. The van der Waals surface area contributed by atoms with Crippen molar-refractivity contribution in [2.75, 3.05) is 13.1 Å². The number of ether oxygens (including phenoxy) is 1. The van der Waals surface area contributed by atoms with E-state index in [9.17, 15) is 4.79 Å². The third-order valence-electron chi connectivity index (χ3n) is 1.88. The number of nitrogens with one attached hydrogen (secondary N) is 2. The van der Waals surface area contributed by atoms with E-state index in [1.165, 1.54) is 6.20 Å². The molecule has 0 radical (unpaired) electrons. The molecule has 2 N–H and O–H groups in total. The number of aromatic nitrogens is 1. The lowest BCUT2D eigenvalue weighted by atomic mass is 10.3. The van der Waals surface area contributed by atoms with Crippen molar-refractivity contribution in [2.24, 2.45) is 4.99 Å². The van der Waals surface area contributed by atoms with E-state index in [-0.39, 0.29) is 6.02 Å². The first-order valence-electron chi connectivity index (χ1n) is 4.45. The van der Waals surface area contributed by atoms with Crippen molar-refractivity contribution in [1.29, 1.82) is 0 Å². The summed E-state index contributed by atoms with van der Waals surface area (Å²) >= 11 is 4.99. The Hall–Kier alpha value is -1.69. The zero-order chi connectivity index (χ0) is 10.7. The third kappa shape index (κ3) is 2.21. The van der Waals surface area contributed by atoms with Gasteiger partial charge in [-0.05, 0) is 6.07 Å². The fourth-order valence-corrected chi connectivity index (χ4v) is 1.37. The van der Waals surface area contributed by atoms with Crippen LogP contribution in [-0.2, 0) is 4.74 Å². The Morgan fingerprint density at radius 2 is 2.47 bits per heavy atom. The van der Waals surface area contributed by atoms with Crippen LogP contribution in [0.25, 0.3) is 0 Å². The van der Waals surface area contributed by atoms with Gasteiger partial charge in [-0.3, -0.25) is 0 Å². The average molecular weight is 223 g/mol. The van der Waals surface area contributed by atoms with E-state index < -0.39 is 5.97 Å². The molecule has 6 heteroatoms. The smallest absolute Gasteiger partial charge is 0.348 e. The molecule has 1 aromatic heterocycles. The summed E-state index contributed by atoms with van der Waals surface area (Å²) in [5.74, 6) is -0.495. The Balaban J connectivity index is 2.15. The second-order valence-corrected chi connectivity index (χ2v) is 3.37. The van der Waals surface area contributed by atoms with Gasteiger partial charge in [0.2, 0.25) is 0 Å². The molecule has 0 unspecified atom stereocenters. The van der Waals surface area contributed by atoms with Crippen LogP contribution in [0.2, 0.25) is 0 Å². The summed E-state index contributed by atoms with van der Waals surface area (Å²) in [6.07, 6.45) is 3.17. The standard InChI is InChI=1S/C9H9N3O2S/c13-8(14-9-11-3-4-12-9)6-5-10-2-1-7(6)15/h1-2,5H,3-4H2,(H,10,15)(H,11,12). The van der Waals surface area contributed by atoms with Crippen molar-refractivity contribution in [2.45, 2.75) is 0 Å². The Kier molecular flexibility index (Phi) is 2.77. The number of aliphatic imine (C=N–C) groups is 1. The van der Waals surface area contributed by atoms with Crippen LogP contribution in [0.4, 0.5) is 0 Å². The van der Waals surface area contributed by atoms with Crippen LogP contribution in [0.5, 0.6) is 0 Å². The molecule has 2 rings (SSSR count). The van der Waals surface area contributed by atoms with Crippen molar-refractivity contribution in [3.63, 3.8) is 0 Å². The highest BCUT2D eigenvalue weighted by molar-refractivity contribution is 7.71. The van der Waals surface area contributed by atoms with Gasteiger partial charge in [-0.2, -0.15) is 0 Å². The van der Waals surface area contributed by atoms with Crippen molar-refractivity contribution in [1.82, 2.24) is 10.3 Å². The van der Waals surface area contributed by atoms with Crippen molar-refractivity contribution >= 4 is 24.2 Å². The van der Waals surface area contributed by atoms with E-state index in [1.807, 2.05) is 0 Å². The molecule has 0 spiro atoms. The van der Waals surface area contributed by atoms with Gasteiger partial charge in [0.05, 0.1) is 16.6 Å². The maximum absolute atomic E-state index is 11.6. The summed E-state index contributed by atoms with van der Waals surface area (Å²) in [6, 6.07) is 1.90. The summed E-state index contributed by atoms with van der Waals surface area (Å²) in [7, 11) is 0. The number of nitrogens with zero attached hydrogens (tertiary/aromatic N) is 1. The number of amidine groups is 1. The van der Waals surface area contributed by atoms with E-state index in [0.29, 0.717) is 23.2 Å². The second kappa shape index (κ2) is 4.22. The van der Waals surface area contributed by atoms with Gasteiger partial charge < -0.3 is 15.0 Å². The molecule has 0 aliphatic carbocycles. The first kappa shape index (κ1) is 9.85. The van der Waals surface area contributed by atoms with Crippen LogP contribution in [0.3, 0.4) is 0 Å². The molecule has 1 aromatic rings. The first-order chi connectivity index (χ1) is 7.27. The van der Waals surface area contributed by atoms with Gasteiger partial charge in [0.25, 0.3) is 6.02 Å². The zero-order valence-electron chi connectivity index (χ0n) is 7.82. The van der Waals surface area contributed by atoms with Gasteiger partial charge in [-0.1, -0.05) is 12.2 Å². The zero-order valence-corrected chi connectivity index (χ0v) is 8.63. The highest BCUT2D eigenvalue weighted by Gasteiger charge is 2.14. The summed E-state index contributed by atoms with van der Waals surface area (Å²) in [5, 5.41) is 2.84. The molecule has 2 heterocycles. The summed E-state index contributed by atoms with van der Waals surface area (Å²) < 4.78 is 5.45. The van der Waals surface area contributed by atoms with Crippen molar-refractivity contribution < 1.29 is 9.53 Å². The Labute approximate surface area is 91.2 Å². The Morgan fingerprint density at radius 3 is 3.13 bits per heavy atom. The first-order valence-corrected chi connectivity index (χ1v) is 4.86. The van der Waals surface area contributed by atoms with E-state index in [2.05, 4.69) is 15.3 Å². The molecule has 0 amide bonds. The van der Waals surface area contributed by atoms with Crippen molar-refractivity contribution in [3.05, 3.63) is 28.5 Å². The number of aromatic amines is 1. The van der Waals surface area contributed by atoms with Crippen LogP contribution in [-0.4, -0.2) is 30.1 Å². The lowest BCUT2D eigenvalue weighted by molar-refractivity contribution is 0.0709. The summed E-state index contributed by atoms with van der Waals surface area (Å²) in [4.78, 5) is 18.3. The number of hydrogen-bond acceptors (Lipinski definition) is 5. The molecule has 15 heavy (non-hydrogen) atoms. The number of H-pyrrole nitrogens is 1.